The zero-order chi connectivity index (χ0) is 17.8. The molecule has 1 aromatic rings. The minimum absolute atomic E-state index is 0.250. The molecule has 1 saturated heterocycles. The summed E-state index contributed by atoms with van der Waals surface area (Å²) < 4.78 is 11.7. The van der Waals surface area contributed by atoms with E-state index >= 15 is 0 Å². The number of carbonyl (C=O) groups excluding carboxylic acids is 1. The van der Waals surface area contributed by atoms with Crippen LogP contribution in [0, 0.1) is 0 Å². The van der Waals surface area contributed by atoms with E-state index in [0.29, 0.717) is 19.7 Å². The molecule has 2 rings (SSSR count). The van der Waals surface area contributed by atoms with Crippen LogP contribution in [0.4, 0.5) is 4.79 Å². The van der Waals surface area contributed by atoms with Gasteiger partial charge in [0.05, 0.1) is 29.5 Å². The number of hydrogen-bond donors (Lipinski definition) is 0. The number of thiazole rings is 1. The molecule has 1 amide bonds. The highest BCUT2D eigenvalue weighted by atomic mass is 32.1. The normalized spacial score (nSPS) is 21.3. The molecule has 24 heavy (non-hydrogen) atoms. The number of ether oxygens (including phenoxy) is 2. The van der Waals surface area contributed by atoms with Gasteiger partial charge in [-0.1, -0.05) is 13.8 Å². The minimum Gasteiger partial charge on any atom is -0.444 e. The van der Waals surface area contributed by atoms with Crippen molar-refractivity contribution in [2.45, 2.75) is 78.1 Å². The van der Waals surface area contributed by atoms with E-state index in [0.717, 1.165) is 31.4 Å². The summed E-state index contributed by atoms with van der Waals surface area (Å²) in [5.74, 6) is 0. The Labute approximate surface area is 149 Å². The van der Waals surface area contributed by atoms with Crippen LogP contribution < -0.4 is 0 Å². The second kappa shape index (κ2) is 7.83. The molecule has 5 nitrogen and oxygen atoms in total. The van der Waals surface area contributed by atoms with E-state index in [1.54, 1.807) is 16.2 Å². The zero-order valence-electron chi connectivity index (χ0n) is 15.6. The molecule has 6 heteroatoms. The molecule has 0 radical (unpaired) electrons. The lowest BCUT2D eigenvalue weighted by molar-refractivity contribution is -0.0538. The smallest absolute Gasteiger partial charge is 0.410 e. The number of nitrogens with zero attached hydrogens (tertiary/aromatic N) is 2. The van der Waals surface area contributed by atoms with Crippen LogP contribution in [-0.4, -0.2) is 40.3 Å². The SMILES string of the molecule is CCCc1nc(COC2(CC)CCN(C(=O)OC(C)(C)C)C2)cs1. The fraction of sp³-hybridized carbons (Fsp3) is 0.778. The lowest BCUT2D eigenvalue weighted by atomic mass is 10.00. The van der Waals surface area contributed by atoms with Crippen LogP contribution in [0.25, 0.3) is 0 Å². The maximum atomic E-state index is 12.3. The number of carbonyl (C=O) groups is 1. The van der Waals surface area contributed by atoms with Gasteiger partial charge in [0.1, 0.15) is 5.60 Å². The van der Waals surface area contributed by atoms with Crippen molar-refractivity contribution >= 4 is 17.4 Å². The van der Waals surface area contributed by atoms with Crippen LogP contribution in [0.5, 0.6) is 0 Å². The quantitative estimate of drug-likeness (QED) is 0.760. The van der Waals surface area contributed by atoms with Crippen LogP contribution in [0.2, 0.25) is 0 Å². The fourth-order valence-electron chi connectivity index (χ4n) is 2.81. The van der Waals surface area contributed by atoms with Crippen LogP contribution in [0.3, 0.4) is 0 Å². The second-order valence-corrected chi connectivity index (χ2v) is 8.40. The topological polar surface area (TPSA) is 51.7 Å². The lowest BCUT2D eigenvalue weighted by Gasteiger charge is -2.29. The lowest BCUT2D eigenvalue weighted by Crippen LogP contribution is -2.40. The number of likely N-dealkylation sites (tertiary alicyclic amines) is 1. The standard InChI is InChI=1S/C18H30N2O3S/c1-6-8-15-19-14(12-24-15)11-22-18(7-2)9-10-20(13-18)16(21)23-17(3,4)5/h12H,6-11,13H2,1-5H3. The maximum absolute atomic E-state index is 12.3. The van der Waals surface area contributed by atoms with Gasteiger partial charge in [-0.15, -0.1) is 11.3 Å². The predicted molar refractivity (Wildman–Crippen MR) is 96.3 cm³/mol. The molecule has 0 saturated carbocycles. The Kier molecular flexibility index (Phi) is 6.26. The van der Waals surface area contributed by atoms with Gasteiger partial charge in [-0.25, -0.2) is 9.78 Å². The van der Waals surface area contributed by atoms with E-state index < -0.39 is 5.60 Å². The van der Waals surface area contributed by atoms with Gasteiger partial charge in [0.15, 0.2) is 0 Å². The monoisotopic (exact) mass is 354 g/mol. The first-order chi connectivity index (χ1) is 11.3. The Morgan fingerprint density at radius 3 is 2.79 bits per heavy atom. The molecule has 0 N–H and O–H groups in total. The first kappa shape index (κ1) is 19.2. The Morgan fingerprint density at radius 2 is 2.17 bits per heavy atom. The van der Waals surface area contributed by atoms with E-state index in [1.807, 2.05) is 20.8 Å². The summed E-state index contributed by atoms with van der Waals surface area (Å²) >= 11 is 1.70. The van der Waals surface area contributed by atoms with Crippen molar-refractivity contribution < 1.29 is 14.3 Å². The van der Waals surface area contributed by atoms with Crippen LogP contribution in [0.1, 0.15) is 64.6 Å². The third-order valence-corrected chi connectivity index (χ3v) is 5.16. The van der Waals surface area contributed by atoms with Gasteiger partial charge in [0.25, 0.3) is 0 Å². The van der Waals surface area contributed by atoms with Crippen molar-refractivity contribution in [1.29, 1.82) is 0 Å². The Balaban J connectivity index is 1.91. The van der Waals surface area contributed by atoms with Crippen molar-refractivity contribution in [3.63, 3.8) is 0 Å². The Hall–Kier alpha value is -1.14. The fourth-order valence-corrected chi connectivity index (χ4v) is 3.69. The molecule has 1 unspecified atom stereocenters. The predicted octanol–water partition coefficient (Wildman–Crippen LogP) is 4.40. The highest BCUT2D eigenvalue weighted by molar-refractivity contribution is 7.09. The van der Waals surface area contributed by atoms with Gasteiger partial charge >= 0.3 is 6.09 Å². The van der Waals surface area contributed by atoms with Gasteiger partial charge in [0.2, 0.25) is 0 Å². The van der Waals surface area contributed by atoms with Crippen molar-refractivity contribution in [3.8, 4) is 0 Å². The second-order valence-electron chi connectivity index (χ2n) is 7.46. The van der Waals surface area contributed by atoms with E-state index in [1.165, 1.54) is 5.01 Å². The molecule has 1 fully saturated rings. The molecule has 1 aliphatic heterocycles. The number of aryl methyl sites for hydroxylation is 1. The van der Waals surface area contributed by atoms with Gasteiger partial charge in [0, 0.05) is 11.9 Å². The van der Waals surface area contributed by atoms with E-state index in [4.69, 9.17) is 9.47 Å². The Bertz CT molecular complexity index is 553. The van der Waals surface area contributed by atoms with Crippen molar-refractivity contribution in [3.05, 3.63) is 16.1 Å². The first-order valence-electron chi connectivity index (χ1n) is 8.82. The molecular formula is C18H30N2O3S. The Morgan fingerprint density at radius 1 is 1.42 bits per heavy atom. The molecule has 0 spiro atoms. The molecule has 1 aromatic heterocycles. The molecular weight excluding hydrogens is 324 g/mol. The largest absolute Gasteiger partial charge is 0.444 e. The summed E-state index contributed by atoms with van der Waals surface area (Å²) in [4.78, 5) is 18.6. The highest BCUT2D eigenvalue weighted by Crippen LogP contribution is 2.31. The summed E-state index contributed by atoms with van der Waals surface area (Å²) in [6, 6.07) is 0. The average Bonchev–Trinajstić information content (AvgIpc) is 3.11. The third kappa shape index (κ3) is 5.18. The first-order valence-corrected chi connectivity index (χ1v) is 9.70. The van der Waals surface area contributed by atoms with Crippen molar-refractivity contribution in [2.24, 2.45) is 0 Å². The number of rotatable bonds is 6. The van der Waals surface area contributed by atoms with E-state index in [2.05, 4.69) is 24.2 Å². The van der Waals surface area contributed by atoms with E-state index in [-0.39, 0.29) is 11.7 Å². The summed E-state index contributed by atoms with van der Waals surface area (Å²) in [6.45, 7) is 11.7. The molecule has 0 aliphatic carbocycles. The molecule has 0 aromatic carbocycles. The van der Waals surface area contributed by atoms with Crippen molar-refractivity contribution in [2.75, 3.05) is 13.1 Å². The van der Waals surface area contributed by atoms with Crippen LogP contribution >= 0.6 is 11.3 Å². The zero-order valence-corrected chi connectivity index (χ0v) is 16.4. The highest BCUT2D eigenvalue weighted by Gasteiger charge is 2.41. The summed E-state index contributed by atoms with van der Waals surface area (Å²) in [5, 5.41) is 3.25. The van der Waals surface area contributed by atoms with Gasteiger partial charge in [-0.2, -0.15) is 0 Å². The summed E-state index contributed by atoms with van der Waals surface area (Å²) in [6.07, 6.45) is 3.60. The van der Waals surface area contributed by atoms with Gasteiger partial charge in [-0.3, -0.25) is 0 Å². The van der Waals surface area contributed by atoms with Crippen LogP contribution in [-0.2, 0) is 22.5 Å². The van der Waals surface area contributed by atoms with Crippen molar-refractivity contribution in [1.82, 2.24) is 9.88 Å². The third-order valence-electron chi connectivity index (χ3n) is 4.20. The molecule has 2 heterocycles. The average molecular weight is 355 g/mol. The van der Waals surface area contributed by atoms with E-state index in [9.17, 15) is 4.79 Å². The summed E-state index contributed by atoms with van der Waals surface area (Å²) in [5.41, 5.74) is 0.240. The molecule has 136 valence electrons. The number of hydrogen-bond acceptors (Lipinski definition) is 5. The van der Waals surface area contributed by atoms with Gasteiger partial charge in [-0.05, 0) is 46.5 Å². The molecule has 1 aliphatic rings. The summed E-state index contributed by atoms with van der Waals surface area (Å²) in [7, 11) is 0. The number of amides is 1. The minimum atomic E-state index is -0.467. The maximum Gasteiger partial charge on any atom is 0.410 e. The molecule has 0 bridgehead atoms. The molecule has 1 atom stereocenters. The number of aromatic nitrogens is 1. The van der Waals surface area contributed by atoms with Crippen LogP contribution in [0.15, 0.2) is 5.38 Å². The van der Waals surface area contributed by atoms with Gasteiger partial charge < -0.3 is 14.4 Å².